The zero-order valence-corrected chi connectivity index (χ0v) is 21.8. The number of hydrogen-bond donors (Lipinski definition) is 4. The Hall–Kier alpha value is -2.98. The number of aliphatic hydroxyl groups is 1. The molecule has 3 fully saturated rings. The molecular formula is C27H33N5O4S. The number of carbonyl (C=O) groups excluding carboxylic acids is 1. The number of anilines is 1. The lowest BCUT2D eigenvalue weighted by Gasteiger charge is -2.31. The van der Waals surface area contributed by atoms with E-state index in [1.54, 1.807) is 11.1 Å². The first-order valence-corrected chi connectivity index (χ1v) is 14.1. The molecule has 4 atom stereocenters. The number of aromatic amines is 1. The molecule has 2 aliphatic carbocycles. The van der Waals surface area contributed by atoms with Gasteiger partial charge in [0.1, 0.15) is 22.2 Å². The van der Waals surface area contributed by atoms with E-state index in [-0.39, 0.29) is 11.9 Å². The van der Waals surface area contributed by atoms with Crippen molar-refractivity contribution in [1.82, 2.24) is 19.9 Å². The first-order chi connectivity index (χ1) is 17.9. The quantitative estimate of drug-likeness (QED) is 0.384. The van der Waals surface area contributed by atoms with Crippen molar-refractivity contribution >= 4 is 39.9 Å². The van der Waals surface area contributed by atoms with Gasteiger partial charge < -0.3 is 25.4 Å². The zero-order chi connectivity index (χ0) is 25.7. The molecule has 0 bridgehead atoms. The highest BCUT2D eigenvalue weighted by Crippen LogP contribution is 2.46. The van der Waals surface area contributed by atoms with E-state index in [2.05, 4.69) is 15.3 Å². The number of H-pyrrole nitrogens is 1. The van der Waals surface area contributed by atoms with Crippen molar-refractivity contribution in [2.45, 2.75) is 69.4 Å². The number of carboxylic acids is 1. The van der Waals surface area contributed by atoms with E-state index >= 15 is 0 Å². The highest BCUT2D eigenvalue weighted by Gasteiger charge is 2.44. The standard InChI is InChI=1S/C27H33N5O4S/c1-15(33)25(34)32-13-16-9-18(10-17(16)14-32)31-22-19-5-8-28-23(19)29-11-20(22)24-30-12-21(37-24)27(26(35)36)6-3-2-4-7-27/h5,8,11-12,15-18,33H,2-4,6-7,9-10,13-14H2,1H3,(H,35,36)(H2,28,29,31)/t15-,16-,17+,18?/m0/s1. The number of hydrogen-bond acceptors (Lipinski definition) is 7. The Bertz CT molecular complexity index is 1310. The smallest absolute Gasteiger partial charge is 0.315 e. The molecule has 9 nitrogen and oxygen atoms in total. The van der Waals surface area contributed by atoms with Crippen LogP contribution in [0.3, 0.4) is 0 Å². The molecule has 3 aromatic rings. The number of aromatic nitrogens is 3. The molecule has 1 aliphatic heterocycles. The maximum absolute atomic E-state index is 12.4. The van der Waals surface area contributed by atoms with Gasteiger partial charge in [-0.25, -0.2) is 9.97 Å². The highest BCUT2D eigenvalue weighted by atomic mass is 32.1. The van der Waals surface area contributed by atoms with Crippen molar-refractivity contribution in [3.8, 4) is 10.6 Å². The Morgan fingerprint density at radius 2 is 1.89 bits per heavy atom. The summed E-state index contributed by atoms with van der Waals surface area (Å²) in [5.74, 6) is -0.0950. The summed E-state index contributed by atoms with van der Waals surface area (Å²) in [4.78, 5) is 39.8. The Balaban J connectivity index is 1.27. The Morgan fingerprint density at radius 1 is 1.16 bits per heavy atom. The number of pyridine rings is 1. The van der Waals surface area contributed by atoms with Crippen LogP contribution in [0.15, 0.2) is 24.7 Å². The van der Waals surface area contributed by atoms with Crippen molar-refractivity contribution in [2.75, 3.05) is 18.4 Å². The summed E-state index contributed by atoms with van der Waals surface area (Å²) in [5.41, 5.74) is 1.82. The fourth-order valence-corrected chi connectivity index (χ4v) is 7.90. The molecule has 0 aromatic carbocycles. The van der Waals surface area contributed by atoms with E-state index in [4.69, 9.17) is 4.98 Å². The average molecular weight is 524 g/mol. The number of nitrogens with zero attached hydrogens (tertiary/aromatic N) is 3. The maximum atomic E-state index is 12.4. The van der Waals surface area contributed by atoms with Gasteiger partial charge in [-0.3, -0.25) is 9.59 Å². The molecule has 1 saturated heterocycles. The first-order valence-electron chi connectivity index (χ1n) is 13.3. The molecule has 1 unspecified atom stereocenters. The van der Waals surface area contributed by atoms with Gasteiger partial charge in [0.05, 0.1) is 11.3 Å². The minimum Gasteiger partial charge on any atom is -0.481 e. The normalized spacial score (nSPS) is 25.8. The number of fused-ring (bicyclic) bond motifs is 2. The van der Waals surface area contributed by atoms with Crippen LogP contribution < -0.4 is 5.32 Å². The third kappa shape index (κ3) is 4.20. The van der Waals surface area contributed by atoms with Gasteiger partial charge in [0.15, 0.2) is 0 Å². The van der Waals surface area contributed by atoms with Crippen LogP contribution in [0.25, 0.3) is 21.6 Å². The van der Waals surface area contributed by atoms with Crippen LogP contribution >= 0.6 is 11.3 Å². The number of amides is 1. The van der Waals surface area contributed by atoms with Gasteiger partial charge in [0.2, 0.25) is 0 Å². The molecule has 4 N–H and O–H groups in total. The van der Waals surface area contributed by atoms with E-state index in [0.29, 0.717) is 37.8 Å². The lowest BCUT2D eigenvalue weighted by atomic mass is 9.73. The summed E-state index contributed by atoms with van der Waals surface area (Å²) in [6.45, 7) is 2.93. The Kier molecular flexibility index (Phi) is 6.19. The summed E-state index contributed by atoms with van der Waals surface area (Å²) < 4.78 is 0. The lowest BCUT2D eigenvalue weighted by molar-refractivity contribution is -0.145. The monoisotopic (exact) mass is 523 g/mol. The van der Waals surface area contributed by atoms with E-state index in [1.807, 2.05) is 18.5 Å². The van der Waals surface area contributed by atoms with Gasteiger partial charge in [-0.1, -0.05) is 19.3 Å². The Morgan fingerprint density at radius 3 is 2.57 bits per heavy atom. The average Bonchev–Trinajstić information content (AvgIpc) is 3.67. The number of carbonyl (C=O) groups is 2. The zero-order valence-electron chi connectivity index (χ0n) is 20.9. The molecule has 196 valence electrons. The summed E-state index contributed by atoms with van der Waals surface area (Å²) in [6.07, 6.45) is 10.7. The van der Waals surface area contributed by atoms with Crippen LogP contribution in [0.2, 0.25) is 0 Å². The van der Waals surface area contributed by atoms with Gasteiger partial charge in [0.25, 0.3) is 5.91 Å². The molecule has 3 aromatic heterocycles. The third-order valence-corrected chi connectivity index (χ3v) is 9.91. The SMILES string of the molecule is C[C@H](O)C(=O)N1C[C@H]2CC(Nc3c(-c4ncc(C5(C(=O)O)CCCCC5)s4)cnc4[nH]ccc34)C[C@H]2C1. The fraction of sp³-hybridized carbons (Fsp3) is 0.556. The number of thiazole rings is 1. The summed E-state index contributed by atoms with van der Waals surface area (Å²) >= 11 is 1.48. The number of carboxylic acid groups (broad SMARTS) is 1. The summed E-state index contributed by atoms with van der Waals surface area (Å²) in [6, 6.07) is 2.27. The maximum Gasteiger partial charge on any atom is 0.315 e. The number of likely N-dealkylation sites (tertiary alicyclic amines) is 1. The largest absolute Gasteiger partial charge is 0.481 e. The number of rotatable bonds is 6. The topological polar surface area (TPSA) is 131 Å². The second-order valence-electron chi connectivity index (χ2n) is 11.0. The number of nitrogens with one attached hydrogen (secondary N) is 2. The van der Waals surface area contributed by atoms with Crippen molar-refractivity contribution in [2.24, 2.45) is 11.8 Å². The highest BCUT2D eigenvalue weighted by molar-refractivity contribution is 7.15. The minimum atomic E-state index is -0.953. The van der Waals surface area contributed by atoms with Crippen LogP contribution in [0.5, 0.6) is 0 Å². The summed E-state index contributed by atoms with van der Waals surface area (Å²) in [5, 5.41) is 25.4. The molecule has 2 saturated carbocycles. The van der Waals surface area contributed by atoms with Crippen molar-refractivity contribution in [1.29, 1.82) is 0 Å². The minimum absolute atomic E-state index is 0.180. The molecule has 4 heterocycles. The van der Waals surface area contributed by atoms with E-state index in [1.165, 1.54) is 18.3 Å². The number of aliphatic hydroxyl groups excluding tert-OH is 1. The van der Waals surface area contributed by atoms with Crippen LogP contribution in [-0.4, -0.2) is 67.2 Å². The van der Waals surface area contributed by atoms with Crippen molar-refractivity contribution in [3.05, 3.63) is 29.5 Å². The molecule has 1 amide bonds. The van der Waals surface area contributed by atoms with E-state index < -0.39 is 17.5 Å². The van der Waals surface area contributed by atoms with Gasteiger partial charge in [-0.05, 0) is 50.5 Å². The molecule has 0 spiro atoms. The third-order valence-electron chi connectivity index (χ3n) is 8.68. The van der Waals surface area contributed by atoms with Gasteiger partial charge >= 0.3 is 5.97 Å². The number of aliphatic carboxylic acids is 1. The molecular weight excluding hydrogens is 490 g/mol. The van der Waals surface area contributed by atoms with Gasteiger partial charge in [-0.15, -0.1) is 11.3 Å². The lowest BCUT2D eigenvalue weighted by Crippen LogP contribution is -2.37. The van der Waals surface area contributed by atoms with Crippen LogP contribution in [-0.2, 0) is 15.0 Å². The molecule has 37 heavy (non-hydrogen) atoms. The van der Waals surface area contributed by atoms with Gasteiger partial charge in [-0.2, -0.15) is 0 Å². The predicted molar refractivity (Wildman–Crippen MR) is 141 cm³/mol. The van der Waals surface area contributed by atoms with Crippen LogP contribution in [0, 0.1) is 11.8 Å². The van der Waals surface area contributed by atoms with Gasteiger partial charge in [0, 0.05) is 48.0 Å². The van der Waals surface area contributed by atoms with Crippen LogP contribution in [0.1, 0.15) is 56.7 Å². The van der Waals surface area contributed by atoms with E-state index in [0.717, 1.165) is 64.3 Å². The fourth-order valence-electron chi connectivity index (χ4n) is 6.73. The van der Waals surface area contributed by atoms with Crippen LogP contribution in [0.4, 0.5) is 5.69 Å². The first kappa shape index (κ1) is 24.4. The molecule has 6 rings (SSSR count). The van der Waals surface area contributed by atoms with Crippen molar-refractivity contribution < 1.29 is 19.8 Å². The van der Waals surface area contributed by atoms with E-state index in [9.17, 15) is 19.8 Å². The Labute approximate surface area is 219 Å². The second kappa shape index (κ2) is 9.40. The molecule has 10 heteroatoms. The van der Waals surface area contributed by atoms with Crippen molar-refractivity contribution in [3.63, 3.8) is 0 Å². The summed E-state index contributed by atoms with van der Waals surface area (Å²) in [7, 11) is 0. The second-order valence-corrected chi connectivity index (χ2v) is 12.0. The molecule has 3 aliphatic rings. The molecule has 0 radical (unpaired) electrons. The predicted octanol–water partition coefficient (Wildman–Crippen LogP) is 4.00.